The molecule has 118 valence electrons. The molecule has 6 heteroatoms. The lowest BCUT2D eigenvalue weighted by Gasteiger charge is -2.33. The molecule has 21 heavy (non-hydrogen) atoms. The Labute approximate surface area is 137 Å². The number of ether oxygens (including phenoxy) is 1. The van der Waals surface area contributed by atoms with Crippen molar-refractivity contribution in [1.29, 1.82) is 0 Å². The van der Waals surface area contributed by atoms with E-state index in [0.29, 0.717) is 27.0 Å². The summed E-state index contributed by atoms with van der Waals surface area (Å²) >= 11 is 9.25. The summed E-state index contributed by atoms with van der Waals surface area (Å²) in [5.74, 6) is 1.42. The highest BCUT2D eigenvalue weighted by Gasteiger charge is 2.26. The van der Waals surface area contributed by atoms with Gasteiger partial charge in [0.2, 0.25) is 0 Å². The molecule has 1 N–H and O–H groups in total. The maximum absolute atomic E-state index is 12.6. The predicted molar refractivity (Wildman–Crippen MR) is 85.4 cm³/mol. The van der Waals surface area contributed by atoms with Gasteiger partial charge in [-0.3, -0.25) is 0 Å². The Hall–Kier alpha value is -0.550. The molecule has 1 fully saturated rings. The summed E-state index contributed by atoms with van der Waals surface area (Å²) < 4.78 is 30.2. The summed E-state index contributed by atoms with van der Waals surface area (Å²) in [5, 5.41) is 3.79. The first-order valence-corrected chi connectivity index (χ1v) is 8.24. The first kappa shape index (κ1) is 16.8. The van der Waals surface area contributed by atoms with E-state index < -0.39 is 6.61 Å². The second-order valence-corrected chi connectivity index (χ2v) is 7.04. The lowest BCUT2D eigenvalue weighted by molar-refractivity contribution is -0.0499. The van der Waals surface area contributed by atoms with Crippen LogP contribution in [0.5, 0.6) is 5.75 Å². The molecule has 0 amide bonds. The maximum atomic E-state index is 12.6. The third kappa shape index (κ3) is 4.46. The van der Waals surface area contributed by atoms with Crippen LogP contribution in [-0.2, 0) is 0 Å². The summed E-state index contributed by atoms with van der Waals surface area (Å²) in [6.45, 7) is 1.61. The SMILES string of the molecule is CC1CCC(Nc2cc(Cl)cc(Br)c2OC(F)F)CC1C. The number of hydrogen-bond donors (Lipinski definition) is 1. The number of benzene rings is 1. The average molecular weight is 383 g/mol. The fourth-order valence-corrected chi connectivity index (χ4v) is 3.68. The molecule has 1 aliphatic carbocycles. The smallest absolute Gasteiger partial charge is 0.387 e. The molecule has 1 aromatic rings. The molecule has 1 saturated carbocycles. The first-order valence-electron chi connectivity index (χ1n) is 7.07. The van der Waals surface area contributed by atoms with E-state index in [-0.39, 0.29) is 11.8 Å². The van der Waals surface area contributed by atoms with Crippen LogP contribution in [0.4, 0.5) is 14.5 Å². The van der Waals surface area contributed by atoms with E-state index in [2.05, 4.69) is 39.8 Å². The van der Waals surface area contributed by atoms with Gasteiger partial charge in [-0.1, -0.05) is 25.4 Å². The van der Waals surface area contributed by atoms with Gasteiger partial charge in [-0.05, 0) is 59.2 Å². The zero-order valence-corrected chi connectivity index (χ0v) is 14.3. The number of rotatable bonds is 4. The molecule has 0 bridgehead atoms. The van der Waals surface area contributed by atoms with Crippen molar-refractivity contribution in [3.8, 4) is 5.75 Å². The first-order chi connectivity index (χ1) is 9.86. The van der Waals surface area contributed by atoms with E-state index in [1.807, 2.05) is 0 Å². The molecule has 2 nitrogen and oxygen atoms in total. The minimum atomic E-state index is -2.87. The van der Waals surface area contributed by atoms with E-state index >= 15 is 0 Å². The molecule has 0 aliphatic heterocycles. The Morgan fingerprint density at radius 2 is 2.00 bits per heavy atom. The zero-order chi connectivity index (χ0) is 15.6. The van der Waals surface area contributed by atoms with E-state index in [1.54, 1.807) is 12.1 Å². The molecule has 2 rings (SSSR count). The Morgan fingerprint density at radius 1 is 1.29 bits per heavy atom. The molecule has 3 unspecified atom stereocenters. The fourth-order valence-electron chi connectivity index (χ4n) is 2.77. The Kier molecular flexibility index (Phi) is 5.72. The van der Waals surface area contributed by atoms with Crippen LogP contribution in [0.1, 0.15) is 33.1 Å². The molecule has 0 saturated heterocycles. The van der Waals surface area contributed by atoms with E-state index in [0.717, 1.165) is 19.3 Å². The van der Waals surface area contributed by atoms with Gasteiger partial charge >= 0.3 is 6.61 Å². The number of hydrogen-bond acceptors (Lipinski definition) is 2. The second-order valence-electron chi connectivity index (χ2n) is 5.75. The standard InChI is InChI=1S/C15H19BrClF2NO/c1-8-3-4-11(5-9(8)2)20-13-7-10(17)6-12(16)14(13)21-15(18)19/h6-9,11,15,20H,3-5H2,1-2H3. The van der Waals surface area contributed by atoms with Crippen LogP contribution < -0.4 is 10.1 Å². The van der Waals surface area contributed by atoms with Crippen molar-refractivity contribution < 1.29 is 13.5 Å². The Balaban J connectivity index is 2.18. The van der Waals surface area contributed by atoms with Gasteiger partial charge < -0.3 is 10.1 Å². The second kappa shape index (κ2) is 7.14. The fraction of sp³-hybridized carbons (Fsp3) is 0.600. The van der Waals surface area contributed by atoms with Gasteiger partial charge in [0.05, 0.1) is 10.2 Å². The van der Waals surface area contributed by atoms with Gasteiger partial charge in [0.15, 0.2) is 5.75 Å². The summed E-state index contributed by atoms with van der Waals surface area (Å²) in [7, 11) is 0. The van der Waals surface area contributed by atoms with Crippen molar-refractivity contribution in [2.45, 2.75) is 45.8 Å². The van der Waals surface area contributed by atoms with Crippen LogP contribution in [-0.4, -0.2) is 12.7 Å². The van der Waals surface area contributed by atoms with E-state index in [4.69, 9.17) is 11.6 Å². The maximum Gasteiger partial charge on any atom is 0.387 e. The van der Waals surface area contributed by atoms with Gasteiger partial charge in [-0.25, -0.2) is 0 Å². The number of alkyl halides is 2. The monoisotopic (exact) mass is 381 g/mol. The molecule has 0 spiro atoms. The summed E-state index contributed by atoms with van der Waals surface area (Å²) in [6.07, 6.45) is 3.16. The lowest BCUT2D eigenvalue weighted by Crippen LogP contribution is -2.30. The van der Waals surface area contributed by atoms with Crippen molar-refractivity contribution in [1.82, 2.24) is 0 Å². The highest BCUT2D eigenvalue weighted by atomic mass is 79.9. The molecular weight excluding hydrogens is 364 g/mol. The van der Waals surface area contributed by atoms with Gasteiger partial charge in [0, 0.05) is 11.1 Å². The average Bonchev–Trinajstić information content (AvgIpc) is 2.38. The summed E-state index contributed by atoms with van der Waals surface area (Å²) in [5.41, 5.74) is 0.515. The highest BCUT2D eigenvalue weighted by molar-refractivity contribution is 9.10. The van der Waals surface area contributed by atoms with Crippen molar-refractivity contribution in [2.24, 2.45) is 11.8 Å². The third-order valence-electron chi connectivity index (χ3n) is 4.17. The largest absolute Gasteiger partial charge is 0.431 e. The predicted octanol–water partition coefficient (Wildman–Crippen LogP) is 5.94. The quantitative estimate of drug-likeness (QED) is 0.695. The summed E-state index contributed by atoms with van der Waals surface area (Å²) in [6, 6.07) is 3.43. The molecule has 1 aromatic carbocycles. The van der Waals surface area contributed by atoms with Gasteiger partial charge in [0.1, 0.15) is 0 Å². The topological polar surface area (TPSA) is 21.3 Å². The molecule has 1 aliphatic rings. The molecule has 0 aromatic heterocycles. The van der Waals surface area contributed by atoms with Gasteiger partial charge in [-0.15, -0.1) is 0 Å². The minimum absolute atomic E-state index is 0.112. The minimum Gasteiger partial charge on any atom is -0.431 e. The Bertz CT molecular complexity index is 501. The third-order valence-corrected chi connectivity index (χ3v) is 4.98. The van der Waals surface area contributed by atoms with Crippen LogP contribution >= 0.6 is 27.5 Å². The molecule has 0 radical (unpaired) electrons. The van der Waals surface area contributed by atoms with E-state index in [1.165, 1.54) is 0 Å². The van der Waals surface area contributed by atoms with Crippen molar-refractivity contribution in [3.05, 3.63) is 21.6 Å². The van der Waals surface area contributed by atoms with Crippen molar-refractivity contribution in [2.75, 3.05) is 5.32 Å². The van der Waals surface area contributed by atoms with E-state index in [9.17, 15) is 8.78 Å². The molecule has 3 atom stereocenters. The van der Waals surface area contributed by atoms with Crippen LogP contribution in [0.15, 0.2) is 16.6 Å². The zero-order valence-electron chi connectivity index (χ0n) is 12.0. The normalized spacial score (nSPS) is 26.0. The highest BCUT2D eigenvalue weighted by Crippen LogP contribution is 2.39. The van der Waals surface area contributed by atoms with Crippen LogP contribution in [0, 0.1) is 11.8 Å². The van der Waals surface area contributed by atoms with Crippen molar-refractivity contribution >= 4 is 33.2 Å². The number of anilines is 1. The summed E-state index contributed by atoms with van der Waals surface area (Å²) in [4.78, 5) is 0. The van der Waals surface area contributed by atoms with Crippen LogP contribution in [0.3, 0.4) is 0 Å². The van der Waals surface area contributed by atoms with Crippen LogP contribution in [0.2, 0.25) is 5.02 Å². The number of halogens is 4. The molecular formula is C15H19BrClF2NO. The number of nitrogens with one attached hydrogen (secondary N) is 1. The van der Waals surface area contributed by atoms with Crippen LogP contribution in [0.25, 0.3) is 0 Å². The van der Waals surface area contributed by atoms with Gasteiger partial charge in [0.25, 0.3) is 0 Å². The Morgan fingerprint density at radius 3 is 2.62 bits per heavy atom. The molecule has 0 heterocycles. The lowest BCUT2D eigenvalue weighted by atomic mass is 9.79. The van der Waals surface area contributed by atoms with Crippen molar-refractivity contribution in [3.63, 3.8) is 0 Å². The van der Waals surface area contributed by atoms with Gasteiger partial charge in [-0.2, -0.15) is 8.78 Å².